The van der Waals surface area contributed by atoms with Gasteiger partial charge in [-0.25, -0.2) is 13.6 Å². The standard InChI is InChI=1S/C29H30F2N2O2S/c30-24-11-9-21(10-12-24)19-23-5-1-3-7-26(23)32-29(34)35-27-20-33(15-13-22(27)14-16-33)17-18-36-28-8-4-2-6-25(28)31/h1-12,22,27H,13-20H2/p+1. The minimum absolute atomic E-state index is 0.116. The lowest BCUT2D eigenvalue weighted by Crippen LogP contribution is -2.65. The topological polar surface area (TPSA) is 38.3 Å². The number of carbonyl (C=O) groups excluding carboxylic acids is 1. The minimum atomic E-state index is -0.431. The van der Waals surface area contributed by atoms with Gasteiger partial charge in [0.15, 0.2) is 6.10 Å². The number of amides is 1. The lowest BCUT2D eigenvalue weighted by atomic mass is 9.83. The molecule has 0 saturated carbocycles. The summed E-state index contributed by atoms with van der Waals surface area (Å²) < 4.78 is 34.2. The SMILES string of the molecule is O=C(Nc1ccccc1Cc1ccc(F)cc1)OC1C[N+]2(CCSc3ccccc3F)CCC1CC2. The number of piperidine rings is 3. The van der Waals surface area contributed by atoms with E-state index in [1.807, 2.05) is 36.4 Å². The van der Waals surface area contributed by atoms with Gasteiger partial charge in [0.2, 0.25) is 0 Å². The van der Waals surface area contributed by atoms with Crippen molar-refractivity contribution in [1.82, 2.24) is 0 Å². The van der Waals surface area contributed by atoms with Gasteiger partial charge in [0.25, 0.3) is 0 Å². The first-order chi connectivity index (χ1) is 17.5. The van der Waals surface area contributed by atoms with E-state index in [0.29, 0.717) is 22.9 Å². The normalized spacial score (nSPS) is 22.8. The predicted octanol–water partition coefficient (Wildman–Crippen LogP) is 6.51. The Labute approximate surface area is 215 Å². The monoisotopic (exact) mass is 509 g/mol. The maximum atomic E-state index is 14.0. The van der Waals surface area contributed by atoms with Gasteiger partial charge in [0.1, 0.15) is 18.2 Å². The molecule has 0 aliphatic carbocycles. The molecule has 188 valence electrons. The number of rotatable bonds is 8. The van der Waals surface area contributed by atoms with Gasteiger partial charge in [-0.3, -0.25) is 5.32 Å². The summed E-state index contributed by atoms with van der Waals surface area (Å²) in [6, 6.07) is 20.9. The Hall–Kier alpha value is -2.90. The minimum Gasteiger partial charge on any atom is -0.440 e. The van der Waals surface area contributed by atoms with E-state index in [1.165, 1.54) is 18.2 Å². The molecule has 7 heteroatoms. The number of benzene rings is 3. The second-order valence-electron chi connectivity index (χ2n) is 9.84. The van der Waals surface area contributed by atoms with Gasteiger partial charge in [0, 0.05) is 35.1 Å². The largest absolute Gasteiger partial charge is 0.440 e. The summed E-state index contributed by atoms with van der Waals surface area (Å²) >= 11 is 1.56. The van der Waals surface area contributed by atoms with Crippen molar-refractivity contribution in [1.29, 1.82) is 0 Å². The van der Waals surface area contributed by atoms with E-state index < -0.39 is 6.09 Å². The van der Waals surface area contributed by atoms with Gasteiger partial charge >= 0.3 is 6.09 Å². The zero-order valence-electron chi connectivity index (χ0n) is 20.2. The molecule has 1 atom stereocenters. The number of thioether (sulfide) groups is 1. The summed E-state index contributed by atoms with van der Waals surface area (Å²) in [6.07, 6.45) is 2.13. The predicted molar refractivity (Wildman–Crippen MR) is 139 cm³/mol. The van der Waals surface area contributed by atoms with E-state index in [2.05, 4.69) is 5.32 Å². The summed E-state index contributed by atoms with van der Waals surface area (Å²) in [5.41, 5.74) is 2.62. The molecule has 3 aromatic rings. The van der Waals surface area contributed by atoms with Crippen molar-refractivity contribution in [3.63, 3.8) is 0 Å². The van der Waals surface area contributed by atoms with Gasteiger partial charge in [0.05, 0.1) is 19.6 Å². The molecule has 1 N–H and O–H groups in total. The van der Waals surface area contributed by atoms with Gasteiger partial charge < -0.3 is 9.22 Å². The van der Waals surface area contributed by atoms with Crippen molar-refractivity contribution < 1.29 is 22.8 Å². The maximum absolute atomic E-state index is 14.0. The zero-order valence-corrected chi connectivity index (χ0v) is 21.0. The average molecular weight is 510 g/mol. The van der Waals surface area contributed by atoms with Crippen LogP contribution in [0.25, 0.3) is 0 Å². The Morgan fingerprint density at radius 1 is 0.972 bits per heavy atom. The Balaban J connectivity index is 1.18. The van der Waals surface area contributed by atoms with Crippen LogP contribution in [0.2, 0.25) is 0 Å². The number of fused-ring (bicyclic) bond motifs is 3. The molecule has 1 amide bonds. The number of anilines is 1. The highest BCUT2D eigenvalue weighted by molar-refractivity contribution is 7.99. The third-order valence-electron chi connectivity index (χ3n) is 7.52. The number of para-hydroxylation sites is 1. The van der Waals surface area contributed by atoms with Gasteiger partial charge in [-0.2, -0.15) is 0 Å². The summed E-state index contributed by atoms with van der Waals surface area (Å²) in [7, 11) is 0. The van der Waals surface area contributed by atoms with Crippen molar-refractivity contribution in [2.75, 3.05) is 37.2 Å². The van der Waals surface area contributed by atoms with E-state index in [-0.39, 0.29) is 17.7 Å². The number of halogens is 2. The first-order valence-electron chi connectivity index (χ1n) is 12.5. The van der Waals surface area contributed by atoms with Crippen LogP contribution in [0.1, 0.15) is 24.0 Å². The first-order valence-corrected chi connectivity index (χ1v) is 13.5. The Bertz CT molecular complexity index is 1200. The van der Waals surface area contributed by atoms with Crippen LogP contribution in [-0.4, -0.2) is 48.6 Å². The third kappa shape index (κ3) is 5.90. The van der Waals surface area contributed by atoms with E-state index in [9.17, 15) is 13.6 Å². The fraction of sp³-hybridized carbons (Fsp3) is 0.345. The molecular formula is C29H31F2N2O2S+. The number of quaternary nitrogens is 1. The molecule has 4 nitrogen and oxygen atoms in total. The number of nitrogens with one attached hydrogen (secondary N) is 1. The Kier molecular flexibility index (Phi) is 7.58. The smallest absolute Gasteiger partial charge is 0.412 e. The second kappa shape index (κ2) is 11.0. The number of hydrogen-bond donors (Lipinski definition) is 1. The zero-order chi connectivity index (χ0) is 25.0. The molecule has 3 saturated heterocycles. The molecule has 0 radical (unpaired) electrons. The van der Waals surface area contributed by atoms with Gasteiger partial charge in [-0.15, -0.1) is 11.8 Å². The highest BCUT2D eigenvalue weighted by Gasteiger charge is 2.47. The second-order valence-corrected chi connectivity index (χ2v) is 11.0. The van der Waals surface area contributed by atoms with Gasteiger partial charge in [-0.05, 0) is 47.9 Å². The molecule has 1 unspecified atom stereocenters. The lowest BCUT2D eigenvalue weighted by molar-refractivity contribution is -0.943. The fourth-order valence-corrected chi connectivity index (χ4v) is 6.55. The molecule has 36 heavy (non-hydrogen) atoms. The molecule has 3 aromatic carbocycles. The summed E-state index contributed by atoms with van der Waals surface area (Å²) in [5.74, 6) is 0.792. The molecular weight excluding hydrogens is 478 g/mol. The van der Waals surface area contributed by atoms with Crippen molar-refractivity contribution in [2.24, 2.45) is 5.92 Å². The summed E-state index contributed by atoms with van der Waals surface area (Å²) in [4.78, 5) is 13.6. The van der Waals surface area contributed by atoms with Crippen LogP contribution in [0.15, 0.2) is 77.7 Å². The quantitative estimate of drug-likeness (QED) is 0.278. The van der Waals surface area contributed by atoms with E-state index >= 15 is 0 Å². The molecule has 3 aliphatic rings. The molecule has 2 bridgehead atoms. The van der Waals surface area contributed by atoms with Crippen molar-refractivity contribution >= 4 is 23.5 Å². The van der Waals surface area contributed by atoms with Gasteiger partial charge in [-0.1, -0.05) is 42.5 Å². The number of ether oxygens (including phenoxy) is 1. The molecule has 0 aromatic heterocycles. The highest BCUT2D eigenvalue weighted by atomic mass is 32.2. The Morgan fingerprint density at radius 2 is 1.69 bits per heavy atom. The van der Waals surface area contributed by atoms with Crippen LogP contribution in [0.5, 0.6) is 0 Å². The maximum Gasteiger partial charge on any atom is 0.412 e. The van der Waals surface area contributed by atoms with E-state index in [1.54, 1.807) is 30.0 Å². The molecule has 3 fully saturated rings. The van der Waals surface area contributed by atoms with Crippen LogP contribution in [0.3, 0.4) is 0 Å². The highest BCUT2D eigenvalue weighted by Crippen LogP contribution is 2.36. The van der Waals surface area contributed by atoms with Crippen molar-refractivity contribution in [3.8, 4) is 0 Å². The third-order valence-corrected chi connectivity index (χ3v) is 8.55. The van der Waals surface area contributed by atoms with E-state index in [0.717, 1.165) is 60.4 Å². The number of nitrogens with zero attached hydrogens (tertiary/aromatic N) is 1. The first kappa shape index (κ1) is 24.8. The average Bonchev–Trinajstić information content (AvgIpc) is 2.88. The van der Waals surface area contributed by atoms with Crippen LogP contribution in [-0.2, 0) is 11.2 Å². The van der Waals surface area contributed by atoms with E-state index in [4.69, 9.17) is 4.74 Å². The van der Waals surface area contributed by atoms with Crippen LogP contribution in [0, 0.1) is 17.6 Å². The molecule has 0 spiro atoms. The van der Waals surface area contributed by atoms with Crippen molar-refractivity contribution in [2.45, 2.75) is 30.3 Å². The van der Waals surface area contributed by atoms with Crippen LogP contribution < -0.4 is 5.32 Å². The number of carbonyl (C=O) groups is 1. The summed E-state index contributed by atoms with van der Waals surface area (Å²) in [5, 5.41) is 2.94. The van der Waals surface area contributed by atoms with Crippen LogP contribution in [0.4, 0.5) is 19.3 Å². The number of hydrogen-bond acceptors (Lipinski definition) is 3. The lowest BCUT2D eigenvalue weighted by Gasteiger charge is -2.52. The van der Waals surface area contributed by atoms with Crippen LogP contribution >= 0.6 is 11.8 Å². The Morgan fingerprint density at radius 3 is 2.47 bits per heavy atom. The fourth-order valence-electron chi connectivity index (χ4n) is 5.48. The molecule has 6 rings (SSSR count). The van der Waals surface area contributed by atoms with Crippen molar-refractivity contribution in [3.05, 3.63) is 95.6 Å². The molecule has 3 heterocycles. The summed E-state index contributed by atoms with van der Waals surface area (Å²) in [6.45, 7) is 3.93. The molecule has 3 aliphatic heterocycles.